The first-order valence-electron chi connectivity index (χ1n) is 10.8. The molecular formula is C23H25N5O3. The zero-order valence-corrected chi connectivity index (χ0v) is 17.3. The lowest BCUT2D eigenvalue weighted by Gasteiger charge is -2.32. The lowest BCUT2D eigenvalue weighted by atomic mass is 9.89. The molecule has 1 N–H and O–H groups in total. The number of anilines is 1. The van der Waals surface area contributed by atoms with E-state index in [2.05, 4.69) is 38.6 Å². The molecule has 0 radical (unpaired) electrons. The minimum Gasteiger partial charge on any atom is -0.354 e. The molecule has 2 aliphatic heterocycles. The standard InChI is InChI=1S/C23H25N5O3/c29-21-7-11-28(23(30)25-21)22-19-13-17(3-4-20(19)31-26-22)12-16-5-9-27(10-6-16)15-18-2-1-8-24-14-18/h1-4,8,13-14,16H,5-7,9-12,15H2,(H,25,29,30). The van der Waals surface area contributed by atoms with Crippen LogP contribution in [0.5, 0.6) is 0 Å². The van der Waals surface area contributed by atoms with Crippen molar-refractivity contribution in [3.63, 3.8) is 0 Å². The van der Waals surface area contributed by atoms with Gasteiger partial charge in [0.1, 0.15) is 0 Å². The van der Waals surface area contributed by atoms with Crippen LogP contribution in [-0.4, -0.2) is 46.6 Å². The van der Waals surface area contributed by atoms with Crippen LogP contribution in [0.2, 0.25) is 0 Å². The smallest absolute Gasteiger partial charge is 0.329 e. The van der Waals surface area contributed by atoms with Gasteiger partial charge in [0, 0.05) is 31.9 Å². The summed E-state index contributed by atoms with van der Waals surface area (Å²) in [6.45, 7) is 3.44. The average molecular weight is 419 g/mol. The second-order valence-corrected chi connectivity index (χ2v) is 8.38. The number of carbonyl (C=O) groups excluding carboxylic acids is 2. The fraction of sp³-hybridized carbons (Fsp3) is 0.391. The van der Waals surface area contributed by atoms with Gasteiger partial charge in [0.2, 0.25) is 5.91 Å². The number of likely N-dealkylation sites (tertiary alicyclic amines) is 1. The van der Waals surface area contributed by atoms with Crippen molar-refractivity contribution in [3.05, 3.63) is 53.9 Å². The summed E-state index contributed by atoms with van der Waals surface area (Å²) < 4.78 is 5.42. The number of nitrogens with one attached hydrogen (secondary N) is 1. The summed E-state index contributed by atoms with van der Waals surface area (Å²) in [6, 6.07) is 9.75. The molecule has 0 saturated carbocycles. The van der Waals surface area contributed by atoms with E-state index >= 15 is 0 Å². The first-order valence-corrected chi connectivity index (χ1v) is 10.8. The number of piperidine rings is 1. The molecule has 0 spiro atoms. The minimum atomic E-state index is -0.446. The van der Waals surface area contributed by atoms with Gasteiger partial charge in [-0.25, -0.2) is 4.79 Å². The van der Waals surface area contributed by atoms with E-state index in [4.69, 9.17) is 4.52 Å². The number of amides is 3. The van der Waals surface area contributed by atoms with E-state index in [1.807, 2.05) is 24.5 Å². The quantitative estimate of drug-likeness (QED) is 0.683. The Morgan fingerprint density at radius 2 is 1.97 bits per heavy atom. The lowest BCUT2D eigenvalue weighted by Crippen LogP contribution is -2.49. The van der Waals surface area contributed by atoms with Crippen molar-refractivity contribution in [2.24, 2.45) is 5.92 Å². The van der Waals surface area contributed by atoms with Gasteiger partial charge in [-0.1, -0.05) is 17.3 Å². The topological polar surface area (TPSA) is 91.6 Å². The van der Waals surface area contributed by atoms with E-state index in [1.54, 1.807) is 0 Å². The molecule has 2 aliphatic rings. The molecule has 0 bridgehead atoms. The maximum atomic E-state index is 12.2. The number of fused-ring (bicyclic) bond motifs is 1. The summed E-state index contributed by atoms with van der Waals surface area (Å²) in [4.78, 5) is 31.8. The molecule has 2 saturated heterocycles. The molecular weight excluding hydrogens is 394 g/mol. The van der Waals surface area contributed by atoms with Crippen molar-refractivity contribution in [2.45, 2.75) is 32.2 Å². The van der Waals surface area contributed by atoms with Crippen molar-refractivity contribution in [3.8, 4) is 0 Å². The SMILES string of the molecule is O=C1CCN(c2noc3ccc(CC4CCN(Cc5cccnc5)CC4)cc23)C(=O)N1. The third kappa shape index (κ3) is 4.29. The lowest BCUT2D eigenvalue weighted by molar-refractivity contribution is -0.120. The third-order valence-electron chi connectivity index (χ3n) is 6.19. The number of benzene rings is 1. The highest BCUT2D eigenvalue weighted by Crippen LogP contribution is 2.30. The highest BCUT2D eigenvalue weighted by molar-refractivity contribution is 6.08. The second kappa shape index (κ2) is 8.47. The Morgan fingerprint density at radius 1 is 1.10 bits per heavy atom. The number of pyridine rings is 1. The summed E-state index contributed by atoms with van der Waals surface area (Å²) in [5.41, 5.74) is 3.13. The van der Waals surface area contributed by atoms with Gasteiger partial charge in [0.05, 0.1) is 5.39 Å². The normalized spacial score (nSPS) is 18.5. The Kier molecular flexibility index (Phi) is 5.38. The van der Waals surface area contributed by atoms with E-state index in [1.165, 1.54) is 16.0 Å². The molecule has 3 aromatic rings. The first-order chi connectivity index (χ1) is 15.2. The molecule has 0 aliphatic carbocycles. The van der Waals surface area contributed by atoms with Crippen LogP contribution in [0.3, 0.4) is 0 Å². The molecule has 0 atom stereocenters. The highest BCUT2D eigenvalue weighted by atomic mass is 16.5. The van der Waals surface area contributed by atoms with Gasteiger partial charge in [-0.2, -0.15) is 0 Å². The predicted molar refractivity (Wildman–Crippen MR) is 115 cm³/mol. The Hall–Kier alpha value is -3.26. The van der Waals surface area contributed by atoms with Crippen molar-refractivity contribution >= 4 is 28.7 Å². The van der Waals surface area contributed by atoms with E-state index < -0.39 is 6.03 Å². The monoisotopic (exact) mass is 419 g/mol. The largest absolute Gasteiger partial charge is 0.354 e. The van der Waals surface area contributed by atoms with Gasteiger partial charge >= 0.3 is 6.03 Å². The van der Waals surface area contributed by atoms with Crippen LogP contribution < -0.4 is 10.2 Å². The van der Waals surface area contributed by atoms with E-state index in [0.717, 1.165) is 44.3 Å². The molecule has 2 fully saturated rings. The van der Waals surface area contributed by atoms with Crippen LogP contribution in [0.15, 0.2) is 47.2 Å². The van der Waals surface area contributed by atoms with Gasteiger partial charge < -0.3 is 4.52 Å². The van der Waals surface area contributed by atoms with Crippen LogP contribution in [0.25, 0.3) is 11.0 Å². The summed E-state index contributed by atoms with van der Waals surface area (Å²) in [5, 5.41) is 7.26. The van der Waals surface area contributed by atoms with E-state index in [0.29, 0.717) is 23.9 Å². The second-order valence-electron chi connectivity index (χ2n) is 8.38. The number of urea groups is 1. The van der Waals surface area contributed by atoms with Gasteiger partial charge in [0.25, 0.3) is 0 Å². The average Bonchev–Trinajstić information content (AvgIpc) is 3.19. The van der Waals surface area contributed by atoms with Crippen molar-refractivity contribution in [2.75, 3.05) is 24.5 Å². The molecule has 2 aromatic heterocycles. The Bertz CT molecular complexity index is 1090. The number of rotatable bonds is 5. The molecule has 8 heteroatoms. The van der Waals surface area contributed by atoms with Crippen LogP contribution in [0, 0.1) is 5.92 Å². The van der Waals surface area contributed by atoms with Crippen LogP contribution >= 0.6 is 0 Å². The summed E-state index contributed by atoms with van der Waals surface area (Å²) in [7, 11) is 0. The Labute approximate surface area is 180 Å². The summed E-state index contributed by atoms with van der Waals surface area (Å²) in [6.07, 6.45) is 7.32. The maximum Gasteiger partial charge on any atom is 0.329 e. The Morgan fingerprint density at radius 3 is 2.74 bits per heavy atom. The number of hydrogen-bond donors (Lipinski definition) is 1. The van der Waals surface area contributed by atoms with Gasteiger partial charge in [0.15, 0.2) is 11.4 Å². The van der Waals surface area contributed by atoms with E-state index in [-0.39, 0.29) is 12.3 Å². The highest BCUT2D eigenvalue weighted by Gasteiger charge is 2.28. The number of nitrogens with zero attached hydrogens (tertiary/aromatic N) is 4. The maximum absolute atomic E-state index is 12.2. The zero-order valence-electron chi connectivity index (χ0n) is 17.3. The van der Waals surface area contributed by atoms with Crippen LogP contribution in [0.4, 0.5) is 10.6 Å². The first kappa shape index (κ1) is 19.7. The van der Waals surface area contributed by atoms with Gasteiger partial charge in [-0.15, -0.1) is 0 Å². The number of hydrogen-bond acceptors (Lipinski definition) is 6. The minimum absolute atomic E-state index is 0.260. The van der Waals surface area contributed by atoms with Crippen LogP contribution in [0.1, 0.15) is 30.4 Å². The Balaban J connectivity index is 1.24. The summed E-state index contributed by atoms with van der Waals surface area (Å²) >= 11 is 0. The molecule has 160 valence electrons. The number of imide groups is 1. The fourth-order valence-electron chi connectivity index (χ4n) is 4.49. The predicted octanol–water partition coefficient (Wildman–Crippen LogP) is 3.12. The van der Waals surface area contributed by atoms with Crippen molar-refractivity contribution in [1.29, 1.82) is 0 Å². The molecule has 1 aromatic carbocycles. The fourth-order valence-corrected chi connectivity index (χ4v) is 4.49. The third-order valence-corrected chi connectivity index (χ3v) is 6.19. The molecule has 3 amide bonds. The van der Waals surface area contributed by atoms with Crippen molar-refractivity contribution < 1.29 is 14.1 Å². The van der Waals surface area contributed by atoms with Crippen LogP contribution in [-0.2, 0) is 17.8 Å². The van der Waals surface area contributed by atoms with Gasteiger partial charge in [-0.05, 0) is 67.6 Å². The van der Waals surface area contributed by atoms with Gasteiger partial charge in [-0.3, -0.25) is 24.9 Å². The summed E-state index contributed by atoms with van der Waals surface area (Å²) in [5.74, 6) is 0.847. The number of carbonyl (C=O) groups is 2. The number of aromatic nitrogens is 2. The molecule has 8 nitrogen and oxygen atoms in total. The molecule has 0 unspecified atom stereocenters. The molecule has 31 heavy (non-hydrogen) atoms. The molecule has 4 heterocycles. The van der Waals surface area contributed by atoms with Crippen molar-refractivity contribution in [1.82, 2.24) is 20.4 Å². The van der Waals surface area contributed by atoms with E-state index in [9.17, 15) is 9.59 Å². The molecule has 5 rings (SSSR count). The zero-order chi connectivity index (χ0) is 21.2.